The van der Waals surface area contributed by atoms with Gasteiger partial charge in [0.15, 0.2) is 11.6 Å². The van der Waals surface area contributed by atoms with Gasteiger partial charge in [-0.2, -0.15) is 0 Å². The number of aryl methyl sites for hydroxylation is 1. The first kappa shape index (κ1) is 11.7. The van der Waals surface area contributed by atoms with Crippen LogP contribution >= 0.6 is 15.9 Å². The summed E-state index contributed by atoms with van der Waals surface area (Å²) in [4.78, 5) is 11.8. The van der Waals surface area contributed by atoms with Crippen molar-refractivity contribution < 1.29 is 9.21 Å². The van der Waals surface area contributed by atoms with Gasteiger partial charge in [-0.15, -0.1) is 0 Å². The van der Waals surface area contributed by atoms with Gasteiger partial charge in [0.1, 0.15) is 0 Å². The molecule has 0 fully saturated rings. The van der Waals surface area contributed by atoms with Crippen LogP contribution in [0.2, 0.25) is 0 Å². The summed E-state index contributed by atoms with van der Waals surface area (Å²) in [7, 11) is 0. The van der Waals surface area contributed by atoms with Crippen LogP contribution in [0.1, 0.15) is 16.1 Å². The summed E-state index contributed by atoms with van der Waals surface area (Å²) in [5.74, 6) is 0.111. The van der Waals surface area contributed by atoms with Crippen LogP contribution in [0.3, 0.4) is 0 Å². The average molecular weight is 295 g/mol. The van der Waals surface area contributed by atoms with Crippen molar-refractivity contribution >= 4 is 33.4 Å². The Kier molecular flexibility index (Phi) is 3.19. The second kappa shape index (κ2) is 4.63. The van der Waals surface area contributed by atoms with Crippen LogP contribution in [0.25, 0.3) is 0 Å². The van der Waals surface area contributed by atoms with Crippen LogP contribution in [0, 0.1) is 6.92 Å². The number of nitrogen functional groups attached to an aromatic ring is 1. The fraction of sp³-hybridized carbons (Fsp3) is 0.0833. The summed E-state index contributed by atoms with van der Waals surface area (Å²) >= 11 is 3.36. The van der Waals surface area contributed by atoms with E-state index < -0.39 is 0 Å². The normalized spacial score (nSPS) is 10.2. The van der Waals surface area contributed by atoms with E-state index >= 15 is 0 Å². The maximum atomic E-state index is 11.8. The van der Waals surface area contributed by atoms with Crippen molar-refractivity contribution in [2.45, 2.75) is 6.92 Å². The van der Waals surface area contributed by atoms with Gasteiger partial charge in [0, 0.05) is 16.2 Å². The zero-order valence-electron chi connectivity index (χ0n) is 9.16. The van der Waals surface area contributed by atoms with Gasteiger partial charge < -0.3 is 15.5 Å². The molecular formula is C12H11BrN2O2. The number of amides is 1. The molecule has 3 N–H and O–H groups in total. The van der Waals surface area contributed by atoms with Crippen molar-refractivity contribution in [1.82, 2.24) is 0 Å². The molecule has 2 rings (SSSR count). The highest BCUT2D eigenvalue weighted by Gasteiger charge is 2.11. The standard InChI is InChI=1S/C12H11BrN2O2/c1-7-6-8(13)2-3-9(7)15-12(16)10-4-5-11(14)17-10/h2-6H,14H2,1H3,(H,15,16). The lowest BCUT2D eigenvalue weighted by Gasteiger charge is -2.07. The van der Waals surface area contributed by atoms with Crippen molar-refractivity contribution in [2.24, 2.45) is 0 Å². The first-order valence-corrected chi connectivity index (χ1v) is 5.78. The number of rotatable bonds is 2. The monoisotopic (exact) mass is 294 g/mol. The molecule has 2 aromatic rings. The Hall–Kier alpha value is -1.75. The number of hydrogen-bond acceptors (Lipinski definition) is 3. The third kappa shape index (κ3) is 2.68. The number of carbonyl (C=O) groups excluding carboxylic acids is 1. The first-order valence-electron chi connectivity index (χ1n) is 4.99. The van der Waals surface area contributed by atoms with E-state index in [9.17, 15) is 4.79 Å². The summed E-state index contributed by atoms with van der Waals surface area (Å²) in [6.45, 7) is 1.91. The Bertz CT molecular complexity index is 563. The van der Waals surface area contributed by atoms with Crippen molar-refractivity contribution in [3.05, 3.63) is 46.1 Å². The number of nitrogens with two attached hydrogens (primary N) is 1. The van der Waals surface area contributed by atoms with E-state index in [2.05, 4.69) is 21.2 Å². The molecule has 1 aromatic carbocycles. The molecule has 0 aliphatic carbocycles. The van der Waals surface area contributed by atoms with Crippen LogP contribution in [-0.4, -0.2) is 5.91 Å². The van der Waals surface area contributed by atoms with Crippen LogP contribution in [0.4, 0.5) is 11.6 Å². The van der Waals surface area contributed by atoms with E-state index in [0.29, 0.717) is 0 Å². The van der Waals surface area contributed by atoms with Crippen LogP contribution in [0.15, 0.2) is 39.2 Å². The Morgan fingerprint density at radius 1 is 1.35 bits per heavy atom. The molecule has 1 amide bonds. The molecule has 4 nitrogen and oxygen atoms in total. The second-order valence-corrected chi connectivity index (χ2v) is 4.53. The summed E-state index contributed by atoms with van der Waals surface area (Å²) in [5, 5.41) is 2.76. The molecular weight excluding hydrogens is 284 g/mol. The summed E-state index contributed by atoms with van der Waals surface area (Å²) in [6.07, 6.45) is 0. The van der Waals surface area contributed by atoms with Gasteiger partial charge >= 0.3 is 0 Å². The third-order valence-corrected chi connectivity index (χ3v) is 2.78. The van der Waals surface area contributed by atoms with E-state index in [-0.39, 0.29) is 17.6 Å². The van der Waals surface area contributed by atoms with Crippen molar-refractivity contribution in [3.8, 4) is 0 Å². The fourth-order valence-electron chi connectivity index (χ4n) is 1.43. The third-order valence-electron chi connectivity index (χ3n) is 2.29. The zero-order valence-corrected chi connectivity index (χ0v) is 10.7. The molecule has 0 atom stereocenters. The minimum atomic E-state index is -0.313. The number of hydrogen-bond donors (Lipinski definition) is 2. The van der Waals surface area contributed by atoms with E-state index in [1.807, 2.05) is 25.1 Å². The Labute approximate surface area is 107 Å². The van der Waals surface area contributed by atoms with Gasteiger partial charge in [0.25, 0.3) is 5.91 Å². The minimum absolute atomic E-state index is 0.199. The minimum Gasteiger partial charge on any atom is -0.436 e. The lowest BCUT2D eigenvalue weighted by Crippen LogP contribution is -2.11. The Morgan fingerprint density at radius 2 is 2.12 bits per heavy atom. The van der Waals surface area contributed by atoms with Gasteiger partial charge in [-0.05, 0) is 36.8 Å². The van der Waals surface area contributed by atoms with Gasteiger partial charge in [-0.25, -0.2) is 0 Å². The highest BCUT2D eigenvalue weighted by molar-refractivity contribution is 9.10. The second-order valence-electron chi connectivity index (χ2n) is 3.62. The van der Waals surface area contributed by atoms with E-state index in [1.54, 1.807) is 12.1 Å². The van der Waals surface area contributed by atoms with Crippen molar-refractivity contribution in [3.63, 3.8) is 0 Å². The highest BCUT2D eigenvalue weighted by atomic mass is 79.9. The Balaban J connectivity index is 2.18. The smallest absolute Gasteiger partial charge is 0.291 e. The van der Waals surface area contributed by atoms with Gasteiger partial charge in [0.05, 0.1) is 0 Å². The molecule has 1 aromatic heterocycles. The highest BCUT2D eigenvalue weighted by Crippen LogP contribution is 2.21. The van der Waals surface area contributed by atoms with Crippen LogP contribution < -0.4 is 11.1 Å². The van der Waals surface area contributed by atoms with Crippen molar-refractivity contribution in [2.75, 3.05) is 11.1 Å². The molecule has 0 unspecified atom stereocenters. The largest absolute Gasteiger partial charge is 0.436 e. The topological polar surface area (TPSA) is 68.3 Å². The van der Waals surface area contributed by atoms with Crippen LogP contribution in [-0.2, 0) is 0 Å². The first-order chi connectivity index (χ1) is 8.06. The number of anilines is 2. The Morgan fingerprint density at radius 3 is 2.71 bits per heavy atom. The average Bonchev–Trinajstić information content (AvgIpc) is 2.69. The molecule has 5 heteroatoms. The molecule has 88 valence electrons. The van der Waals surface area contributed by atoms with Crippen molar-refractivity contribution in [1.29, 1.82) is 0 Å². The lowest BCUT2D eigenvalue weighted by molar-refractivity contribution is 0.0997. The number of halogens is 1. The predicted molar refractivity (Wildman–Crippen MR) is 70.0 cm³/mol. The zero-order chi connectivity index (χ0) is 12.4. The van der Waals surface area contributed by atoms with E-state index in [1.165, 1.54) is 0 Å². The lowest BCUT2D eigenvalue weighted by atomic mass is 10.2. The molecule has 0 saturated carbocycles. The van der Waals surface area contributed by atoms with Gasteiger partial charge in [-0.1, -0.05) is 15.9 Å². The molecule has 0 aliphatic rings. The summed E-state index contributed by atoms with van der Waals surface area (Å²) < 4.78 is 6.01. The molecule has 0 aliphatic heterocycles. The molecule has 17 heavy (non-hydrogen) atoms. The predicted octanol–water partition coefficient (Wildman–Crippen LogP) is 3.19. The molecule has 0 bridgehead atoms. The summed E-state index contributed by atoms with van der Waals surface area (Å²) in [5.41, 5.74) is 7.12. The number of benzene rings is 1. The van der Waals surface area contributed by atoms with Gasteiger partial charge in [-0.3, -0.25) is 4.79 Å². The molecule has 0 radical (unpaired) electrons. The number of nitrogens with one attached hydrogen (secondary N) is 1. The maximum absolute atomic E-state index is 11.8. The SMILES string of the molecule is Cc1cc(Br)ccc1NC(=O)c1ccc(N)o1. The molecule has 0 spiro atoms. The fourth-order valence-corrected chi connectivity index (χ4v) is 1.90. The van der Waals surface area contributed by atoms with Gasteiger partial charge in [0.2, 0.25) is 0 Å². The number of furan rings is 1. The summed E-state index contributed by atoms with van der Waals surface area (Å²) in [6, 6.07) is 8.69. The van der Waals surface area contributed by atoms with E-state index in [4.69, 9.17) is 10.2 Å². The number of carbonyl (C=O) groups is 1. The molecule has 0 saturated heterocycles. The quantitative estimate of drug-likeness (QED) is 0.894. The maximum Gasteiger partial charge on any atom is 0.291 e. The van der Waals surface area contributed by atoms with E-state index in [0.717, 1.165) is 15.7 Å². The van der Waals surface area contributed by atoms with Crippen LogP contribution in [0.5, 0.6) is 0 Å². The molecule has 1 heterocycles.